The molecule has 2 heterocycles. The first-order valence-corrected chi connectivity index (χ1v) is 7.37. The molecule has 0 amide bonds. The summed E-state index contributed by atoms with van der Waals surface area (Å²) in [6.07, 6.45) is 6.84. The fourth-order valence-electron chi connectivity index (χ4n) is 2.45. The molecule has 0 saturated heterocycles. The zero-order valence-electron chi connectivity index (χ0n) is 12.9. The molecule has 5 nitrogen and oxygen atoms in total. The quantitative estimate of drug-likeness (QED) is 0.841. The van der Waals surface area contributed by atoms with Gasteiger partial charge in [0.1, 0.15) is 0 Å². The molecule has 5 heteroatoms. The van der Waals surface area contributed by atoms with Crippen molar-refractivity contribution < 1.29 is 0 Å². The summed E-state index contributed by atoms with van der Waals surface area (Å²) in [7, 11) is 4.07. The summed E-state index contributed by atoms with van der Waals surface area (Å²) in [5.74, 6) is 0. The Balaban J connectivity index is 2.19. The number of nitrogens with zero attached hydrogens (tertiary/aromatic N) is 4. The van der Waals surface area contributed by atoms with Crippen molar-refractivity contribution in [2.75, 3.05) is 6.54 Å². The molecule has 0 aliphatic rings. The average Bonchev–Trinajstić information content (AvgIpc) is 3.01. The van der Waals surface area contributed by atoms with E-state index in [0.717, 1.165) is 31.5 Å². The van der Waals surface area contributed by atoms with Crippen molar-refractivity contribution in [3.05, 3.63) is 35.7 Å². The number of aryl methyl sites for hydroxylation is 3. The van der Waals surface area contributed by atoms with Gasteiger partial charge in [0, 0.05) is 32.4 Å². The van der Waals surface area contributed by atoms with E-state index in [1.165, 1.54) is 11.4 Å². The molecule has 0 aromatic carbocycles. The van der Waals surface area contributed by atoms with E-state index in [-0.39, 0.29) is 6.04 Å². The van der Waals surface area contributed by atoms with Crippen molar-refractivity contribution in [3.8, 4) is 0 Å². The molecule has 2 rings (SSSR count). The van der Waals surface area contributed by atoms with Crippen LogP contribution in [-0.4, -0.2) is 25.9 Å². The van der Waals surface area contributed by atoms with E-state index < -0.39 is 0 Å². The van der Waals surface area contributed by atoms with Gasteiger partial charge in [0.05, 0.1) is 23.8 Å². The van der Waals surface area contributed by atoms with Gasteiger partial charge in [-0.2, -0.15) is 5.10 Å². The zero-order chi connectivity index (χ0) is 14.5. The highest BCUT2D eigenvalue weighted by atomic mass is 15.3. The first-order chi connectivity index (χ1) is 9.65. The Morgan fingerprint density at radius 3 is 2.65 bits per heavy atom. The molecule has 0 fully saturated rings. The van der Waals surface area contributed by atoms with Gasteiger partial charge in [-0.15, -0.1) is 0 Å². The molecule has 0 radical (unpaired) electrons. The summed E-state index contributed by atoms with van der Waals surface area (Å²) in [6, 6.07) is 2.49. The average molecular weight is 275 g/mol. The summed E-state index contributed by atoms with van der Waals surface area (Å²) in [5, 5.41) is 8.15. The third kappa shape index (κ3) is 3.28. The number of rotatable bonds is 7. The van der Waals surface area contributed by atoms with Gasteiger partial charge < -0.3 is 9.88 Å². The molecule has 2 aromatic heterocycles. The molecule has 1 N–H and O–H groups in total. The second kappa shape index (κ2) is 6.70. The predicted octanol–water partition coefficient (Wildman–Crippen LogP) is 2.00. The number of hydrogen-bond acceptors (Lipinski definition) is 3. The number of hydrogen-bond donors (Lipinski definition) is 1. The molecule has 0 spiro atoms. The van der Waals surface area contributed by atoms with Crippen LogP contribution in [0, 0.1) is 0 Å². The van der Waals surface area contributed by atoms with E-state index in [1.54, 1.807) is 0 Å². The van der Waals surface area contributed by atoms with Gasteiger partial charge in [-0.3, -0.25) is 4.68 Å². The molecule has 1 unspecified atom stereocenters. The van der Waals surface area contributed by atoms with Crippen molar-refractivity contribution in [1.82, 2.24) is 24.6 Å². The fourth-order valence-corrected chi connectivity index (χ4v) is 2.45. The summed E-state index contributed by atoms with van der Waals surface area (Å²) in [4.78, 5) is 4.24. The summed E-state index contributed by atoms with van der Waals surface area (Å²) >= 11 is 0. The Morgan fingerprint density at radius 2 is 2.10 bits per heavy atom. The van der Waals surface area contributed by atoms with Crippen LogP contribution in [0.25, 0.3) is 0 Å². The molecule has 20 heavy (non-hydrogen) atoms. The molecular formula is C15H25N5. The molecule has 0 bridgehead atoms. The molecule has 2 aromatic rings. The van der Waals surface area contributed by atoms with Crippen LogP contribution < -0.4 is 5.32 Å². The Morgan fingerprint density at radius 1 is 1.30 bits per heavy atom. The smallest absolute Gasteiger partial charge is 0.0946 e. The summed E-state index contributed by atoms with van der Waals surface area (Å²) < 4.78 is 4.08. The second-order valence-corrected chi connectivity index (χ2v) is 5.24. The lowest BCUT2D eigenvalue weighted by Gasteiger charge is -2.19. The maximum atomic E-state index is 4.53. The van der Waals surface area contributed by atoms with E-state index in [0.29, 0.717) is 0 Å². The SMILES string of the molecule is CCCNC(Cc1cc(CC)nn1C)c1cncn1C. The first kappa shape index (κ1) is 14.8. The predicted molar refractivity (Wildman–Crippen MR) is 80.5 cm³/mol. The Hall–Kier alpha value is -1.62. The van der Waals surface area contributed by atoms with Gasteiger partial charge in [-0.1, -0.05) is 13.8 Å². The second-order valence-electron chi connectivity index (χ2n) is 5.24. The van der Waals surface area contributed by atoms with Gasteiger partial charge in [0.15, 0.2) is 0 Å². The van der Waals surface area contributed by atoms with Gasteiger partial charge in [0.25, 0.3) is 0 Å². The molecule has 0 aliphatic heterocycles. The Labute approximate surface area is 121 Å². The third-order valence-corrected chi connectivity index (χ3v) is 3.65. The number of imidazole rings is 1. The van der Waals surface area contributed by atoms with Crippen LogP contribution in [0.4, 0.5) is 0 Å². The highest BCUT2D eigenvalue weighted by molar-refractivity contribution is 5.15. The van der Waals surface area contributed by atoms with Crippen molar-refractivity contribution in [3.63, 3.8) is 0 Å². The van der Waals surface area contributed by atoms with E-state index in [2.05, 4.69) is 39.9 Å². The van der Waals surface area contributed by atoms with E-state index in [4.69, 9.17) is 0 Å². The Kier molecular flexibility index (Phi) is 4.95. The van der Waals surface area contributed by atoms with Crippen LogP contribution in [0.3, 0.4) is 0 Å². The summed E-state index contributed by atoms with van der Waals surface area (Å²) in [6.45, 7) is 5.33. The van der Waals surface area contributed by atoms with Gasteiger partial charge in [-0.25, -0.2) is 4.98 Å². The zero-order valence-corrected chi connectivity index (χ0v) is 12.9. The number of nitrogens with one attached hydrogen (secondary N) is 1. The van der Waals surface area contributed by atoms with Crippen molar-refractivity contribution >= 4 is 0 Å². The minimum atomic E-state index is 0.280. The minimum absolute atomic E-state index is 0.280. The highest BCUT2D eigenvalue weighted by Gasteiger charge is 2.17. The van der Waals surface area contributed by atoms with Crippen LogP contribution in [-0.2, 0) is 26.9 Å². The van der Waals surface area contributed by atoms with Crippen LogP contribution in [0.1, 0.15) is 43.4 Å². The lowest BCUT2D eigenvalue weighted by atomic mass is 10.1. The van der Waals surface area contributed by atoms with Crippen molar-refractivity contribution in [2.24, 2.45) is 14.1 Å². The normalized spacial score (nSPS) is 12.8. The van der Waals surface area contributed by atoms with Gasteiger partial charge in [0.2, 0.25) is 0 Å². The topological polar surface area (TPSA) is 47.7 Å². The molecule has 0 saturated carbocycles. The van der Waals surface area contributed by atoms with E-state index in [1.807, 2.05) is 31.3 Å². The molecule has 1 atom stereocenters. The van der Waals surface area contributed by atoms with Gasteiger partial charge in [-0.05, 0) is 25.5 Å². The van der Waals surface area contributed by atoms with Crippen LogP contribution >= 0.6 is 0 Å². The minimum Gasteiger partial charge on any atom is -0.336 e. The van der Waals surface area contributed by atoms with Crippen molar-refractivity contribution in [1.29, 1.82) is 0 Å². The van der Waals surface area contributed by atoms with Crippen LogP contribution in [0.2, 0.25) is 0 Å². The molecule has 0 aliphatic carbocycles. The standard InChI is InChI=1S/C15H25N5/c1-5-7-17-14(15-10-16-11-19(15)3)9-13-8-12(6-2)18-20(13)4/h8,10-11,14,17H,5-7,9H2,1-4H3. The first-order valence-electron chi connectivity index (χ1n) is 7.37. The highest BCUT2D eigenvalue weighted by Crippen LogP contribution is 2.18. The van der Waals surface area contributed by atoms with Gasteiger partial charge >= 0.3 is 0 Å². The van der Waals surface area contributed by atoms with Crippen molar-refractivity contribution in [2.45, 2.75) is 39.2 Å². The Bertz CT molecular complexity index is 540. The monoisotopic (exact) mass is 275 g/mol. The number of aromatic nitrogens is 4. The lowest BCUT2D eigenvalue weighted by Crippen LogP contribution is -2.26. The lowest BCUT2D eigenvalue weighted by molar-refractivity contribution is 0.490. The molecular weight excluding hydrogens is 250 g/mol. The molecule has 110 valence electrons. The van der Waals surface area contributed by atoms with E-state index >= 15 is 0 Å². The maximum absolute atomic E-state index is 4.53. The fraction of sp³-hybridized carbons (Fsp3) is 0.600. The largest absolute Gasteiger partial charge is 0.336 e. The summed E-state index contributed by atoms with van der Waals surface area (Å²) in [5.41, 5.74) is 3.64. The maximum Gasteiger partial charge on any atom is 0.0946 e. The van der Waals surface area contributed by atoms with Crippen LogP contribution in [0.5, 0.6) is 0 Å². The van der Waals surface area contributed by atoms with E-state index in [9.17, 15) is 0 Å². The van der Waals surface area contributed by atoms with Crippen LogP contribution in [0.15, 0.2) is 18.6 Å². The third-order valence-electron chi connectivity index (χ3n) is 3.65.